The van der Waals surface area contributed by atoms with Crippen molar-refractivity contribution in [2.24, 2.45) is 5.92 Å². The third-order valence-corrected chi connectivity index (χ3v) is 4.25. The summed E-state index contributed by atoms with van der Waals surface area (Å²) in [6.07, 6.45) is 4.23. The average Bonchev–Trinajstić information content (AvgIpc) is 2.82. The van der Waals surface area contributed by atoms with Gasteiger partial charge in [0.15, 0.2) is 0 Å². The number of hydrogen-bond donors (Lipinski definition) is 2. The van der Waals surface area contributed by atoms with Crippen LogP contribution in [0.1, 0.15) is 49.7 Å². The molecule has 1 saturated heterocycles. The maximum absolute atomic E-state index is 12.1. The van der Waals surface area contributed by atoms with Gasteiger partial charge in [0.2, 0.25) is 0 Å². The van der Waals surface area contributed by atoms with E-state index in [0.29, 0.717) is 12.2 Å². The van der Waals surface area contributed by atoms with E-state index in [2.05, 4.69) is 41.2 Å². The molecule has 2 rings (SSSR count). The van der Waals surface area contributed by atoms with Crippen molar-refractivity contribution in [3.63, 3.8) is 0 Å². The molecule has 0 saturated carbocycles. The predicted molar refractivity (Wildman–Crippen MR) is 79.7 cm³/mol. The largest absolute Gasteiger partial charge is 0.349 e. The van der Waals surface area contributed by atoms with E-state index in [-0.39, 0.29) is 11.4 Å². The van der Waals surface area contributed by atoms with E-state index in [1.54, 1.807) is 6.20 Å². The predicted octanol–water partition coefficient (Wildman–Crippen LogP) is 1.96. The Morgan fingerprint density at radius 3 is 2.95 bits per heavy atom. The number of rotatable bonds is 4. The van der Waals surface area contributed by atoms with Crippen LogP contribution in [0, 0.1) is 12.8 Å². The second-order valence-corrected chi connectivity index (χ2v) is 6.62. The molecule has 0 aliphatic carbocycles. The van der Waals surface area contributed by atoms with Crippen molar-refractivity contribution in [1.82, 2.24) is 20.4 Å². The molecule has 1 aliphatic rings. The van der Waals surface area contributed by atoms with E-state index in [9.17, 15) is 4.79 Å². The maximum atomic E-state index is 12.1. The number of aromatic amines is 1. The van der Waals surface area contributed by atoms with Crippen LogP contribution in [0.3, 0.4) is 0 Å². The highest BCUT2D eigenvalue weighted by atomic mass is 16.1. The van der Waals surface area contributed by atoms with Gasteiger partial charge in [-0.3, -0.25) is 14.8 Å². The molecule has 5 heteroatoms. The highest BCUT2D eigenvalue weighted by molar-refractivity contribution is 5.93. The number of aromatic nitrogens is 2. The number of carbonyl (C=O) groups excluding carboxylic acids is 1. The monoisotopic (exact) mass is 278 g/mol. The molecule has 1 atom stereocenters. The molecule has 20 heavy (non-hydrogen) atoms. The minimum atomic E-state index is -0.0712. The number of piperidine rings is 1. The maximum Gasteiger partial charge on any atom is 0.269 e. The first kappa shape index (κ1) is 15.0. The Balaban J connectivity index is 1.92. The van der Waals surface area contributed by atoms with Crippen LogP contribution in [-0.4, -0.2) is 46.2 Å². The van der Waals surface area contributed by atoms with E-state index in [1.165, 1.54) is 12.8 Å². The summed E-state index contributed by atoms with van der Waals surface area (Å²) in [5.74, 6) is 0.673. The molecule has 0 spiro atoms. The van der Waals surface area contributed by atoms with Crippen LogP contribution in [0.2, 0.25) is 0 Å². The van der Waals surface area contributed by atoms with Gasteiger partial charge in [-0.2, -0.15) is 5.10 Å². The van der Waals surface area contributed by atoms with Gasteiger partial charge in [-0.1, -0.05) is 6.92 Å². The van der Waals surface area contributed by atoms with Crippen molar-refractivity contribution >= 4 is 5.91 Å². The van der Waals surface area contributed by atoms with Crippen molar-refractivity contribution in [3.05, 3.63) is 17.5 Å². The van der Waals surface area contributed by atoms with Crippen LogP contribution in [0.15, 0.2) is 6.20 Å². The fourth-order valence-corrected chi connectivity index (χ4v) is 2.81. The number of aryl methyl sites for hydroxylation is 1. The summed E-state index contributed by atoms with van der Waals surface area (Å²) < 4.78 is 0. The van der Waals surface area contributed by atoms with Crippen molar-refractivity contribution < 1.29 is 4.79 Å². The molecule has 0 bridgehead atoms. The first-order valence-corrected chi connectivity index (χ1v) is 7.43. The van der Waals surface area contributed by atoms with Crippen LogP contribution in [0.25, 0.3) is 0 Å². The number of nitrogens with one attached hydrogen (secondary N) is 2. The fourth-order valence-electron chi connectivity index (χ4n) is 2.81. The van der Waals surface area contributed by atoms with Gasteiger partial charge in [-0.25, -0.2) is 0 Å². The molecular weight excluding hydrogens is 252 g/mol. The standard InChI is InChI=1S/C15H26N4O/c1-11-6-5-7-19(9-11)15(3,4)10-16-14(20)13-12(2)8-17-18-13/h8,11H,5-7,9-10H2,1-4H3,(H,16,20)(H,17,18)/t11-/m1/s1. The zero-order valence-electron chi connectivity index (χ0n) is 13.0. The van der Waals surface area contributed by atoms with Gasteiger partial charge < -0.3 is 5.32 Å². The molecule has 2 N–H and O–H groups in total. The molecule has 1 amide bonds. The van der Waals surface area contributed by atoms with E-state index in [4.69, 9.17) is 0 Å². The van der Waals surface area contributed by atoms with Gasteiger partial charge >= 0.3 is 0 Å². The van der Waals surface area contributed by atoms with E-state index in [0.717, 1.165) is 24.6 Å². The lowest BCUT2D eigenvalue weighted by Gasteiger charge is -2.43. The summed E-state index contributed by atoms with van der Waals surface area (Å²) in [4.78, 5) is 14.6. The highest BCUT2D eigenvalue weighted by Crippen LogP contribution is 2.23. The summed E-state index contributed by atoms with van der Waals surface area (Å²) in [7, 11) is 0. The summed E-state index contributed by atoms with van der Waals surface area (Å²) in [5, 5.41) is 9.67. The van der Waals surface area contributed by atoms with Gasteiger partial charge in [0.25, 0.3) is 5.91 Å². The Bertz CT molecular complexity index is 466. The summed E-state index contributed by atoms with van der Waals surface area (Å²) in [6, 6.07) is 0. The zero-order valence-corrected chi connectivity index (χ0v) is 13.0. The Hall–Kier alpha value is -1.36. The number of hydrogen-bond acceptors (Lipinski definition) is 3. The molecule has 1 aliphatic heterocycles. The normalized spacial score (nSPS) is 20.9. The van der Waals surface area contributed by atoms with Gasteiger partial charge in [-0.05, 0) is 51.6 Å². The lowest BCUT2D eigenvalue weighted by atomic mass is 9.93. The summed E-state index contributed by atoms with van der Waals surface area (Å²) >= 11 is 0. The molecule has 0 radical (unpaired) electrons. The van der Waals surface area contributed by atoms with Crippen LogP contribution in [0.4, 0.5) is 0 Å². The number of likely N-dealkylation sites (tertiary alicyclic amines) is 1. The Morgan fingerprint density at radius 2 is 2.35 bits per heavy atom. The molecule has 2 heterocycles. The number of amides is 1. The molecule has 1 fully saturated rings. The average molecular weight is 278 g/mol. The SMILES string of the molecule is Cc1cn[nH]c1C(=O)NCC(C)(C)N1CCC[C@@H](C)C1. The topological polar surface area (TPSA) is 61.0 Å². The summed E-state index contributed by atoms with van der Waals surface area (Å²) in [6.45, 7) is 11.5. The Kier molecular flexibility index (Phi) is 4.48. The van der Waals surface area contributed by atoms with Crippen molar-refractivity contribution in [1.29, 1.82) is 0 Å². The highest BCUT2D eigenvalue weighted by Gasteiger charge is 2.30. The number of carbonyl (C=O) groups is 1. The van der Waals surface area contributed by atoms with E-state index < -0.39 is 0 Å². The van der Waals surface area contributed by atoms with Crippen LogP contribution < -0.4 is 5.32 Å². The molecule has 1 aromatic heterocycles. The molecule has 0 unspecified atom stereocenters. The molecular formula is C15H26N4O. The number of H-pyrrole nitrogens is 1. The van der Waals surface area contributed by atoms with Gasteiger partial charge in [0.05, 0.1) is 6.20 Å². The van der Waals surface area contributed by atoms with Gasteiger partial charge in [0.1, 0.15) is 5.69 Å². The third-order valence-electron chi connectivity index (χ3n) is 4.25. The second kappa shape index (κ2) is 5.95. The van der Waals surface area contributed by atoms with Crippen LogP contribution >= 0.6 is 0 Å². The summed E-state index contributed by atoms with van der Waals surface area (Å²) in [5.41, 5.74) is 1.43. The van der Waals surface area contributed by atoms with Crippen molar-refractivity contribution in [3.8, 4) is 0 Å². The van der Waals surface area contributed by atoms with Crippen molar-refractivity contribution in [2.75, 3.05) is 19.6 Å². The zero-order chi connectivity index (χ0) is 14.8. The molecule has 5 nitrogen and oxygen atoms in total. The molecule has 0 aromatic carbocycles. The Labute approximate surface area is 121 Å². The van der Waals surface area contributed by atoms with Crippen LogP contribution in [0.5, 0.6) is 0 Å². The first-order valence-electron chi connectivity index (χ1n) is 7.43. The van der Waals surface area contributed by atoms with Crippen LogP contribution in [-0.2, 0) is 0 Å². The minimum Gasteiger partial charge on any atom is -0.349 e. The number of nitrogens with zero attached hydrogens (tertiary/aromatic N) is 2. The van der Waals surface area contributed by atoms with E-state index >= 15 is 0 Å². The molecule has 1 aromatic rings. The first-order chi connectivity index (χ1) is 9.40. The molecule has 112 valence electrons. The second-order valence-electron chi connectivity index (χ2n) is 6.62. The smallest absolute Gasteiger partial charge is 0.269 e. The third kappa shape index (κ3) is 3.39. The lowest BCUT2D eigenvalue weighted by Crippen LogP contribution is -2.54. The van der Waals surface area contributed by atoms with Gasteiger partial charge in [0, 0.05) is 18.6 Å². The quantitative estimate of drug-likeness (QED) is 0.885. The minimum absolute atomic E-state index is 0.0156. The van der Waals surface area contributed by atoms with Crippen molar-refractivity contribution in [2.45, 2.75) is 46.1 Å². The van der Waals surface area contributed by atoms with E-state index in [1.807, 2.05) is 6.92 Å². The van der Waals surface area contributed by atoms with Gasteiger partial charge in [-0.15, -0.1) is 0 Å². The fraction of sp³-hybridized carbons (Fsp3) is 0.733. The Morgan fingerprint density at radius 1 is 1.60 bits per heavy atom. The lowest BCUT2D eigenvalue weighted by molar-refractivity contribution is 0.0655.